The van der Waals surface area contributed by atoms with Gasteiger partial charge in [-0.05, 0) is 98.7 Å². The Morgan fingerprint density at radius 2 is 1.80 bits per heavy atom. The summed E-state index contributed by atoms with van der Waals surface area (Å²) in [5.74, 6) is -0.446. The molecule has 0 saturated carbocycles. The van der Waals surface area contributed by atoms with Crippen LogP contribution in [0.25, 0.3) is 5.69 Å². The molecule has 9 heteroatoms. The quantitative estimate of drug-likeness (QED) is 0.212. The van der Waals surface area contributed by atoms with Crippen LogP contribution in [-0.2, 0) is 9.53 Å². The van der Waals surface area contributed by atoms with Crippen molar-refractivity contribution in [1.29, 1.82) is 0 Å². The van der Waals surface area contributed by atoms with Gasteiger partial charge in [-0.25, -0.2) is 4.79 Å². The number of carbonyl (C=O) groups is 2. The van der Waals surface area contributed by atoms with Crippen LogP contribution in [0, 0.1) is 20.8 Å². The summed E-state index contributed by atoms with van der Waals surface area (Å²) >= 11 is 5.82. The van der Waals surface area contributed by atoms with Gasteiger partial charge in [0.1, 0.15) is 0 Å². The lowest BCUT2D eigenvalue weighted by molar-refractivity contribution is -0.116. The van der Waals surface area contributed by atoms with Gasteiger partial charge < -0.3 is 24.8 Å². The molecule has 2 aromatic heterocycles. The van der Waals surface area contributed by atoms with E-state index in [9.17, 15) is 9.59 Å². The zero-order valence-electron chi connectivity index (χ0n) is 23.5. The van der Waals surface area contributed by atoms with Gasteiger partial charge in [0.15, 0.2) is 5.11 Å². The van der Waals surface area contributed by atoms with Crippen LogP contribution >= 0.6 is 12.2 Å². The number of benzene rings is 2. The predicted octanol–water partition coefficient (Wildman–Crippen LogP) is 5.59. The first kappa shape index (κ1) is 28.0. The lowest BCUT2D eigenvalue weighted by Crippen LogP contribution is -2.32. The van der Waals surface area contributed by atoms with E-state index in [0.29, 0.717) is 17.2 Å². The van der Waals surface area contributed by atoms with Crippen LogP contribution in [0.2, 0.25) is 0 Å². The first-order valence-corrected chi connectivity index (χ1v) is 13.9. The Kier molecular flexibility index (Phi) is 8.16. The number of hydrogen-bond donors (Lipinski definition) is 2. The topological polar surface area (TPSA) is 88.5 Å². The van der Waals surface area contributed by atoms with Gasteiger partial charge in [-0.3, -0.25) is 9.78 Å². The third-order valence-electron chi connectivity index (χ3n) is 7.41. The maximum atomic E-state index is 12.9. The summed E-state index contributed by atoms with van der Waals surface area (Å²) in [7, 11) is 1.37. The summed E-state index contributed by atoms with van der Waals surface area (Å²) in [6.07, 6.45) is 2.05. The van der Waals surface area contributed by atoms with Crippen molar-refractivity contribution in [2.24, 2.45) is 0 Å². The third-order valence-corrected chi connectivity index (χ3v) is 7.77. The Balaban J connectivity index is 1.46. The van der Waals surface area contributed by atoms with E-state index in [1.165, 1.54) is 7.11 Å². The number of aromatic nitrogens is 2. The normalized spacial score (nSPS) is 16.4. The van der Waals surface area contributed by atoms with Crippen molar-refractivity contribution in [2.75, 3.05) is 19.0 Å². The van der Waals surface area contributed by atoms with Crippen molar-refractivity contribution < 1.29 is 14.3 Å². The number of carbonyl (C=O) groups excluding carboxylic acids is 2. The number of methoxy groups -OCH3 is 1. The van der Waals surface area contributed by atoms with Crippen molar-refractivity contribution >= 4 is 34.9 Å². The maximum absolute atomic E-state index is 12.9. The van der Waals surface area contributed by atoms with E-state index in [1.54, 1.807) is 18.3 Å². The SMILES string of the molecule is COC(=O)c1ccc(-n2c(C)cc([C@H]3[C@@H](c4ccccn4)NC(=S)N3CCC(=O)Nc3cccc(C)c3)c2C)cc1. The lowest BCUT2D eigenvalue weighted by Gasteiger charge is -2.28. The highest BCUT2D eigenvalue weighted by atomic mass is 32.1. The summed E-state index contributed by atoms with van der Waals surface area (Å²) in [6, 6.07) is 22.8. The molecular weight excluding hydrogens is 534 g/mol. The van der Waals surface area contributed by atoms with Gasteiger partial charge in [-0.1, -0.05) is 18.2 Å². The molecule has 210 valence electrons. The molecule has 2 N–H and O–H groups in total. The molecule has 2 atom stereocenters. The summed E-state index contributed by atoms with van der Waals surface area (Å²) in [5, 5.41) is 7.06. The van der Waals surface area contributed by atoms with E-state index in [1.807, 2.05) is 61.5 Å². The number of anilines is 1. The monoisotopic (exact) mass is 567 g/mol. The first-order valence-electron chi connectivity index (χ1n) is 13.5. The van der Waals surface area contributed by atoms with E-state index in [-0.39, 0.29) is 30.4 Å². The molecule has 3 heterocycles. The molecule has 0 radical (unpaired) electrons. The van der Waals surface area contributed by atoms with Crippen molar-refractivity contribution in [3.63, 3.8) is 0 Å². The molecule has 5 rings (SSSR count). The summed E-state index contributed by atoms with van der Waals surface area (Å²) in [5.41, 5.74) is 7.34. The van der Waals surface area contributed by atoms with Gasteiger partial charge in [-0.15, -0.1) is 0 Å². The van der Waals surface area contributed by atoms with Gasteiger partial charge in [0.25, 0.3) is 0 Å². The fraction of sp³-hybridized carbons (Fsp3) is 0.250. The van der Waals surface area contributed by atoms with E-state index in [4.69, 9.17) is 17.0 Å². The highest BCUT2D eigenvalue weighted by Gasteiger charge is 2.41. The molecule has 1 fully saturated rings. The van der Waals surface area contributed by atoms with Crippen molar-refractivity contribution in [2.45, 2.75) is 39.3 Å². The molecule has 4 aromatic rings. The lowest BCUT2D eigenvalue weighted by atomic mass is 9.96. The summed E-state index contributed by atoms with van der Waals surface area (Å²) in [6.45, 7) is 6.57. The van der Waals surface area contributed by atoms with E-state index in [2.05, 4.69) is 45.0 Å². The molecule has 8 nitrogen and oxygen atoms in total. The number of nitrogens with zero attached hydrogens (tertiary/aromatic N) is 3. The van der Waals surface area contributed by atoms with Crippen LogP contribution < -0.4 is 10.6 Å². The molecule has 0 aliphatic carbocycles. The molecule has 41 heavy (non-hydrogen) atoms. The van der Waals surface area contributed by atoms with Gasteiger partial charge in [0.05, 0.1) is 30.5 Å². The van der Waals surface area contributed by atoms with Gasteiger partial charge in [-0.2, -0.15) is 0 Å². The van der Waals surface area contributed by atoms with E-state index >= 15 is 0 Å². The molecule has 0 bridgehead atoms. The van der Waals surface area contributed by atoms with Gasteiger partial charge in [0.2, 0.25) is 5.91 Å². The minimum absolute atomic E-state index is 0.0744. The van der Waals surface area contributed by atoms with Crippen molar-refractivity contribution in [3.8, 4) is 5.69 Å². The number of nitrogens with one attached hydrogen (secondary N) is 2. The number of esters is 1. The van der Waals surface area contributed by atoms with Crippen molar-refractivity contribution in [1.82, 2.24) is 19.8 Å². The van der Waals surface area contributed by atoms with E-state index < -0.39 is 0 Å². The number of thiocarbonyl (C=S) groups is 1. The molecule has 1 aliphatic rings. The molecule has 1 aliphatic heterocycles. The third kappa shape index (κ3) is 5.85. The number of rotatable bonds is 8. The van der Waals surface area contributed by atoms with Crippen LogP contribution in [0.4, 0.5) is 5.69 Å². The number of pyridine rings is 1. The minimum atomic E-state index is -0.371. The fourth-order valence-electron chi connectivity index (χ4n) is 5.50. The highest BCUT2D eigenvalue weighted by molar-refractivity contribution is 7.80. The van der Waals surface area contributed by atoms with Crippen LogP contribution in [-0.4, -0.2) is 45.1 Å². The second kappa shape index (κ2) is 11.9. The van der Waals surface area contributed by atoms with Crippen LogP contribution in [0.5, 0.6) is 0 Å². The van der Waals surface area contributed by atoms with Crippen LogP contribution in [0.3, 0.4) is 0 Å². The predicted molar refractivity (Wildman–Crippen MR) is 163 cm³/mol. The van der Waals surface area contributed by atoms with Gasteiger partial charge >= 0.3 is 5.97 Å². The second-order valence-corrected chi connectivity index (χ2v) is 10.6. The molecule has 1 saturated heterocycles. The maximum Gasteiger partial charge on any atom is 0.337 e. The smallest absolute Gasteiger partial charge is 0.337 e. The van der Waals surface area contributed by atoms with Crippen LogP contribution in [0.1, 0.15) is 57.1 Å². The largest absolute Gasteiger partial charge is 0.465 e. The zero-order chi connectivity index (χ0) is 29.1. The van der Waals surface area contributed by atoms with E-state index in [0.717, 1.165) is 39.6 Å². The average molecular weight is 568 g/mol. The summed E-state index contributed by atoms with van der Waals surface area (Å²) in [4.78, 5) is 31.6. The number of ether oxygens (including phenoxy) is 1. The fourth-order valence-corrected chi connectivity index (χ4v) is 5.83. The second-order valence-electron chi connectivity index (χ2n) is 10.2. The Morgan fingerprint density at radius 3 is 2.49 bits per heavy atom. The highest BCUT2D eigenvalue weighted by Crippen LogP contribution is 2.41. The Hall–Kier alpha value is -4.50. The average Bonchev–Trinajstić information content (AvgIpc) is 3.46. The Morgan fingerprint density at radius 1 is 1.02 bits per heavy atom. The zero-order valence-corrected chi connectivity index (χ0v) is 24.4. The number of amides is 1. The molecule has 1 amide bonds. The Labute approximate surface area is 245 Å². The van der Waals surface area contributed by atoms with Gasteiger partial charge in [0, 0.05) is 41.9 Å². The number of hydrogen-bond acceptors (Lipinski definition) is 5. The minimum Gasteiger partial charge on any atom is -0.465 e. The summed E-state index contributed by atoms with van der Waals surface area (Å²) < 4.78 is 7.01. The van der Waals surface area contributed by atoms with Crippen LogP contribution in [0.15, 0.2) is 79.0 Å². The molecular formula is C32H33N5O3S. The van der Waals surface area contributed by atoms with Crippen molar-refractivity contribution in [3.05, 3.63) is 113 Å². The molecule has 0 spiro atoms. The molecule has 2 aromatic carbocycles. The first-order chi connectivity index (χ1) is 19.8. The molecule has 0 unspecified atom stereocenters. The number of aryl methyl sites for hydroxylation is 2. The standard InChI is InChI=1S/C32H33N5O3S/c1-20-8-7-9-24(18-20)34-28(38)15-17-36-30(29(35-32(36)41)27-10-5-6-16-33-27)26-19-21(2)37(22(26)3)25-13-11-23(12-14-25)31(39)40-4/h5-14,16,18-19,29-30H,15,17H2,1-4H3,(H,34,38)(H,35,41)/t29-,30+/m1/s1. The Bertz CT molecular complexity index is 1580.